The Morgan fingerprint density at radius 2 is 2.11 bits per heavy atom. The highest BCUT2D eigenvalue weighted by Crippen LogP contribution is 2.35. The first-order chi connectivity index (χ1) is 4.17. The summed E-state index contributed by atoms with van der Waals surface area (Å²) < 4.78 is 10.5. The van der Waals surface area contributed by atoms with Gasteiger partial charge in [0.05, 0.1) is 0 Å². The van der Waals surface area contributed by atoms with Crippen molar-refractivity contribution >= 4 is 0 Å². The Hall–Kier alpha value is -0.0800. The highest BCUT2D eigenvalue weighted by Gasteiger charge is 2.48. The molecule has 0 aromatic heterocycles. The van der Waals surface area contributed by atoms with Gasteiger partial charge >= 0.3 is 0 Å². The monoisotopic (exact) mass is 130 g/mol. The van der Waals surface area contributed by atoms with Crippen molar-refractivity contribution in [2.45, 2.75) is 39.1 Å². The number of rotatable bonds is 3. The van der Waals surface area contributed by atoms with Gasteiger partial charge in [-0.15, -0.1) is 0 Å². The first-order valence-electron chi connectivity index (χ1n) is 3.46. The average Bonchev–Trinajstić information content (AvgIpc) is 2.35. The average molecular weight is 130 g/mol. The number of hydrogen-bond acceptors (Lipinski definition) is 2. The van der Waals surface area contributed by atoms with Crippen molar-refractivity contribution in [2.75, 3.05) is 6.61 Å². The van der Waals surface area contributed by atoms with Crippen LogP contribution < -0.4 is 0 Å². The van der Waals surface area contributed by atoms with E-state index in [1.165, 1.54) is 0 Å². The lowest BCUT2D eigenvalue weighted by Gasteiger charge is -1.96. The van der Waals surface area contributed by atoms with Gasteiger partial charge in [0.1, 0.15) is 5.60 Å². The summed E-state index contributed by atoms with van der Waals surface area (Å²) >= 11 is 0. The molecule has 1 unspecified atom stereocenters. The molecule has 1 aliphatic heterocycles. The van der Waals surface area contributed by atoms with Gasteiger partial charge in [-0.25, -0.2) is 0 Å². The maximum atomic E-state index is 5.30. The van der Waals surface area contributed by atoms with Crippen LogP contribution in [0.4, 0.5) is 0 Å². The van der Waals surface area contributed by atoms with Crippen molar-refractivity contribution in [2.24, 2.45) is 0 Å². The normalized spacial score (nSPS) is 30.3. The number of ether oxygens (including phenoxy) is 2. The summed E-state index contributed by atoms with van der Waals surface area (Å²) in [6.07, 6.45) is 1.13. The topological polar surface area (TPSA) is 21.8 Å². The molecule has 0 aliphatic carbocycles. The third kappa shape index (κ3) is 1.66. The molecule has 0 saturated carbocycles. The molecular weight excluding hydrogens is 116 g/mol. The minimum Gasteiger partial charge on any atom is -0.350 e. The maximum Gasteiger partial charge on any atom is 0.186 e. The molecule has 0 spiro atoms. The zero-order chi connectivity index (χ0) is 6.91. The molecule has 54 valence electrons. The number of epoxide rings is 1. The van der Waals surface area contributed by atoms with Crippen LogP contribution in [-0.2, 0) is 9.47 Å². The molecule has 2 nitrogen and oxygen atoms in total. The Morgan fingerprint density at radius 1 is 1.56 bits per heavy atom. The van der Waals surface area contributed by atoms with E-state index < -0.39 is 0 Å². The van der Waals surface area contributed by atoms with Crippen LogP contribution in [-0.4, -0.2) is 18.5 Å². The fourth-order valence-corrected chi connectivity index (χ4v) is 0.701. The molecule has 0 aromatic carbocycles. The van der Waals surface area contributed by atoms with E-state index in [4.69, 9.17) is 9.47 Å². The molecular formula is C7H14O2. The molecule has 1 aliphatic rings. The smallest absolute Gasteiger partial charge is 0.186 e. The predicted molar refractivity (Wildman–Crippen MR) is 35.2 cm³/mol. The van der Waals surface area contributed by atoms with E-state index in [1.807, 2.05) is 13.8 Å². The van der Waals surface area contributed by atoms with Gasteiger partial charge < -0.3 is 9.47 Å². The summed E-state index contributed by atoms with van der Waals surface area (Å²) in [5.74, 6) is 0. The van der Waals surface area contributed by atoms with Gasteiger partial charge in [-0.05, 0) is 20.3 Å². The highest BCUT2D eigenvalue weighted by atomic mass is 16.8. The van der Waals surface area contributed by atoms with Gasteiger partial charge in [-0.1, -0.05) is 6.92 Å². The van der Waals surface area contributed by atoms with E-state index in [2.05, 4.69) is 6.92 Å². The van der Waals surface area contributed by atoms with E-state index >= 15 is 0 Å². The molecule has 1 atom stereocenters. The van der Waals surface area contributed by atoms with Crippen LogP contribution in [0, 0.1) is 0 Å². The largest absolute Gasteiger partial charge is 0.350 e. The first-order valence-corrected chi connectivity index (χ1v) is 3.46. The van der Waals surface area contributed by atoms with Crippen LogP contribution in [0.25, 0.3) is 0 Å². The molecule has 1 heterocycles. The molecule has 1 fully saturated rings. The lowest BCUT2D eigenvalue weighted by Crippen LogP contribution is -2.07. The molecule has 0 aromatic rings. The second kappa shape index (κ2) is 2.27. The second-order valence-electron chi connectivity index (χ2n) is 2.92. The molecule has 0 N–H and O–H groups in total. The highest BCUT2D eigenvalue weighted by molar-refractivity contribution is 4.87. The Labute approximate surface area is 56.2 Å². The molecule has 2 heteroatoms. The van der Waals surface area contributed by atoms with Gasteiger partial charge in [0.25, 0.3) is 0 Å². The van der Waals surface area contributed by atoms with Gasteiger partial charge in [0.15, 0.2) is 6.29 Å². The lowest BCUT2D eigenvalue weighted by molar-refractivity contribution is 0.0506. The maximum absolute atomic E-state index is 5.30. The van der Waals surface area contributed by atoms with Crippen LogP contribution in [0.3, 0.4) is 0 Å². The zero-order valence-corrected chi connectivity index (χ0v) is 6.31. The van der Waals surface area contributed by atoms with Crippen LogP contribution in [0.2, 0.25) is 0 Å². The molecule has 0 amide bonds. The summed E-state index contributed by atoms with van der Waals surface area (Å²) in [5.41, 5.74) is -0.00479. The molecule has 9 heavy (non-hydrogen) atoms. The quantitative estimate of drug-likeness (QED) is 0.540. The van der Waals surface area contributed by atoms with Gasteiger partial charge in [0, 0.05) is 6.61 Å². The van der Waals surface area contributed by atoms with E-state index in [-0.39, 0.29) is 11.9 Å². The zero-order valence-electron chi connectivity index (χ0n) is 6.31. The first kappa shape index (κ1) is 7.03. The fourth-order valence-electron chi connectivity index (χ4n) is 0.701. The van der Waals surface area contributed by atoms with E-state index in [0.717, 1.165) is 13.0 Å². The summed E-state index contributed by atoms with van der Waals surface area (Å²) in [5, 5.41) is 0. The van der Waals surface area contributed by atoms with E-state index in [9.17, 15) is 0 Å². The van der Waals surface area contributed by atoms with Crippen LogP contribution in [0.1, 0.15) is 27.2 Å². The second-order valence-corrected chi connectivity index (χ2v) is 2.92. The van der Waals surface area contributed by atoms with Crippen molar-refractivity contribution in [1.29, 1.82) is 0 Å². The predicted octanol–water partition coefficient (Wildman–Crippen LogP) is 1.55. The van der Waals surface area contributed by atoms with Gasteiger partial charge in [0.2, 0.25) is 0 Å². The summed E-state index contributed by atoms with van der Waals surface area (Å²) in [6.45, 7) is 6.98. The van der Waals surface area contributed by atoms with Crippen LogP contribution in [0.5, 0.6) is 0 Å². The molecule has 0 bridgehead atoms. The minimum absolute atomic E-state index is 0.00479. The molecule has 1 rings (SSSR count). The summed E-state index contributed by atoms with van der Waals surface area (Å²) in [4.78, 5) is 0. The third-order valence-electron chi connectivity index (χ3n) is 1.39. The van der Waals surface area contributed by atoms with Crippen molar-refractivity contribution in [1.82, 2.24) is 0 Å². The summed E-state index contributed by atoms with van der Waals surface area (Å²) in [7, 11) is 0. The lowest BCUT2D eigenvalue weighted by atomic mass is 10.2. The Kier molecular flexibility index (Phi) is 1.78. The van der Waals surface area contributed by atoms with E-state index in [0.29, 0.717) is 0 Å². The van der Waals surface area contributed by atoms with E-state index in [1.54, 1.807) is 0 Å². The van der Waals surface area contributed by atoms with Crippen molar-refractivity contribution in [3.8, 4) is 0 Å². The third-order valence-corrected chi connectivity index (χ3v) is 1.39. The Morgan fingerprint density at radius 3 is 2.44 bits per heavy atom. The van der Waals surface area contributed by atoms with Crippen LogP contribution >= 0.6 is 0 Å². The van der Waals surface area contributed by atoms with Crippen molar-refractivity contribution in [3.05, 3.63) is 0 Å². The van der Waals surface area contributed by atoms with Crippen molar-refractivity contribution < 1.29 is 9.47 Å². The minimum atomic E-state index is -0.00479. The van der Waals surface area contributed by atoms with Crippen LogP contribution in [0.15, 0.2) is 0 Å². The Balaban J connectivity index is 2.06. The Bertz CT molecular complexity index is 99.1. The standard InChI is InChI=1S/C7H14O2/c1-4-5-8-6-7(2,3)9-6/h6H,4-5H2,1-3H3. The fraction of sp³-hybridized carbons (Fsp3) is 1.00. The number of hydrogen-bond donors (Lipinski definition) is 0. The summed E-state index contributed by atoms with van der Waals surface area (Å²) in [6, 6.07) is 0. The SMILES string of the molecule is CCCOC1OC1(C)C. The molecule has 0 radical (unpaired) electrons. The molecule has 1 saturated heterocycles. The van der Waals surface area contributed by atoms with Crippen molar-refractivity contribution in [3.63, 3.8) is 0 Å². The van der Waals surface area contributed by atoms with Gasteiger partial charge in [-0.3, -0.25) is 0 Å². The van der Waals surface area contributed by atoms with Gasteiger partial charge in [-0.2, -0.15) is 0 Å².